The second kappa shape index (κ2) is 16.3. The van der Waals surface area contributed by atoms with Crippen LogP contribution in [0.2, 0.25) is 5.02 Å². The summed E-state index contributed by atoms with van der Waals surface area (Å²) in [7, 11) is 0. The molecule has 0 bridgehead atoms. The number of imide groups is 1. The molecule has 0 radical (unpaired) electrons. The SMILES string of the molecule is CC1(C)C(CC(=O)c2ccc(N3CCN(CCCCCOc4ccc5nn(C6CCC(=O)NC6=O)c(=O)n5c4)CC3)nc2)C(C)(C)C1Oc1ccc(C#N)c(Cl)c1. The molecule has 1 unspecified atom stereocenters. The van der Waals surface area contributed by atoms with E-state index in [1.807, 2.05) is 12.1 Å². The van der Waals surface area contributed by atoms with Crippen molar-refractivity contribution in [2.24, 2.45) is 16.7 Å². The number of halogens is 1. The van der Waals surface area contributed by atoms with Crippen molar-refractivity contribution in [2.45, 2.75) is 78.4 Å². The van der Waals surface area contributed by atoms with E-state index in [1.165, 1.54) is 4.40 Å². The number of nitrogens with zero attached hydrogens (tertiary/aromatic N) is 7. The van der Waals surface area contributed by atoms with Gasteiger partial charge >= 0.3 is 5.69 Å². The number of pyridine rings is 2. The van der Waals surface area contributed by atoms with Gasteiger partial charge in [0.2, 0.25) is 5.91 Å². The molecule has 3 fully saturated rings. The second-order valence-corrected chi connectivity index (χ2v) is 16.9. The van der Waals surface area contributed by atoms with Gasteiger partial charge < -0.3 is 14.4 Å². The van der Waals surface area contributed by atoms with E-state index >= 15 is 0 Å². The molecule has 300 valence electrons. The number of unbranched alkanes of at least 4 members (excludes halogenated alkanes) is 2. The lowest BCUT2D eigenvalue weighted by molar-refractivity contribution is -0.196. The molecule has 1 aromatic carbocycles. The topological polar surface area (TPSA) is 164 Å². The second-order valence-electron chi connectivity index (χ2n) is 16.5. The molecule has 3 aliphatic rings. The van der Waals surface area contributed by atoms with E-state index in [9.17, 15) is 24.4 Å². The van der Waals surface area contributed by atoms with Crippen LogP contribution in [-0.4, -0.2) is 87.1 Å². The van der Waals surface area contributed by atoms with Gasteiger partial charge in [-0.3, -0.25) is 24.6 Å². The highest BCUT2D eigenvalue weighted by molar-refractivity contribution is 6.31. The third-order valence-electron chi connectivity index (χ3n) is 12.0. The van der Waals surface area contributed by atoms with Crippen molar-refractivity contribution in [2.75, 3.05) is 44.2 Å². The van der Waals surface area contributed by atoms with E-state index in [0.29, 0.717) is 46.3 Å². The number of nitriles is 1. The lowest BCUT2D eigenvalue weighted by Crippen LogP contribution is -2.66. The van der Waals surface area contributed by atoms with Crippen LogP contribution in [0.3, 0.4) is 0 Å². The standard InChI is InChI=1S/C42H49ClN8O6/c1-41(2)34(42(3,4)39(41)57-29-10-8-27(24-44)31(43)22-29)23-33(52)28-9-13-35(45-25-28)49-19-17-48(18-20-49)16-6-5-7-21-56-30-11-14-36-47-51(40(55)50(36)26-30)32-12-15-37(53)46-38(32)54/h8-11,13-14,22,25-26,32,34,39H,5-7,12,15-21,23H2,1-4H3,(H,46,53,54). The number of ether oxygens (including phenoxy) is 2. The minimum Gasteiger partial charge on any atom is -0.492 e. The minimum atomic E-state index is -0.812. The monoisotopic (exact) mass is 796 g/mol. The predicted molar refractivity (Wildman–Crippen MR) is 214 cm³/mol. The van der Waals surface area contributed by atoms with Gasteiger partial charge in [0.15, 0.2) is 11.4 Å². The number of nitrogens with one attached hydrogen (secondary N) is 1. The van der Waals surface area contributed by atoms with Crippen LogP contribution in [0.1, 0.15) is 88.2 Å². The molecule has 1 aliphatic carbocycles. The van der Waals surface area contributed by atoms with Crippen LogP contribution in [0.5, 0.6) is 11.5 Å². The Morgan fingerprint density at radius 3 is 2.42 bits per heavy atom. The zero-order chi connectivity index (χ0) is 40.5. The molecule has 2 aliphatic heterocycles. The van der Waals surface area contributed by atoms with Crippen molar-refractivity contribution in [3.05, 3.63) is 81.5 Å². The molecule has 2 amide bonds. The average Bonchev–Trinajstić information content (AvgIpc) is 3.52. The number of benzene rings is 1. The van der Waals surface area contributed by atoms with Gasteiger partial charge in [0, 0.05) is 67.7 Å². The highest BCUT2D eigenvalue weighted by Gasteiger charge is 2.63. The summed E-state index contributed by atoms with van der Waals surface area (Å²) >= 11 is 6.25. The lowest BCUT2D eigenvalue weighted by atomic mass is 9.44. The van der Waals surface area contributed by atoms with Crippen molar-refractivity contribution in [3.63, 3.8) is 0 Å². The fourth-order valence-electron chi connectivity index (χ4n) is 9.03. The first-order valence-electron chi connectivity index (χ1n) is 19.7. The molecule has 1 saturated carbocycles. The van der Waals surface area contributed by atoms with Gasteiger partial charge in [0.1, 0.15) is 35.5 Å². The van der Waals surface area contributed by atoms with E-state index in [-0.39, 0.29) is 47.4 Å². The number of carbonyl (C=O) groups excluding carboxylic acids is 3. The number of amides is 2. The fourth-order valence-corrected chi connectivity index (χ4v) is 9.25. The number of piperidine rings is 1. The maximum absolute atomic E-state index is 13.5. The van der Waals surface area contributed by atoms with Crippen LogP contribution >= 0.6 is 11.6 Å². The van der Waals surface area contributed by atoms with Crippen LogP contribution in [0.25, 0.3) is 5.65 Å². The molecule has 1 N–H and O–H groups in total. The maximum Gasteiger partial charge on any atom is 0.351 e. The van der Waals surface area contributed by atoms with Gasteiger partial charge in [-0.05, 0) is 74.5 Å². The third kappa shape index (κ3) is 8.27. The van der Waals surface area contributed by atoms with Crippen LogP contribution in [-0.2, 0) is 9.59 Å². The van der Waals surface area contributed by atoms with Crippen molar-refractivity contribution >= 4 is 40.7 Å². The number of piperazine rings is 1. The molecule has 15 heteroatoms. The van der Waals surface area contributed by atoms with E-state index in [0.717, 1.165) is 62.5 Å². The van der Waals surface area contributed by atoms with Crippen LogP contribution in [0, 0.1) is 28.1 Å². The van der Waals surface area contributed by atoms with Crippen molar-refractivity contribution in [1.82, 2.24) is 29.4 Å². The lowest BCUT2D eigenvalue weighted by Gasteiger charge is -2.63. The van der Waals surface area contributed by atoms with Crippen molar-refractivity contribution in [3.8, 4) is 17.6 Å². The van der Waals surface area contributed by atoms with Gasteiger partial charge in [-0.15, -0.1) is 5.10 Å². The molecule has 57 heavy (non-hydrogen) atoms. The maximum atomic E-state index is 13.5. The molecule has 5 heterocycles. The normalized spacial score (nSPS) is 21.8. The van der Waals surface area contributed by atoms with E-state index in [4.69, 9.17) is 26.1 Å². The Kier molecular flexibility index (Phi) is 11.4. The molecule has 7 rings (SSSR count). The summed E-state index contributed by atoms with van der Waals surface area (Å²) in [5, 5.41) is 16.1. The Balaban J connectivity index is 0.813. The van der Waals surface area contributed by atoms with E-state index < -0.39 is 17.6 Å². The Morgan fingerprint density at radius 1 is 0.982 bits per heavy atom. The largest absolute Gasteiger partial charge is 0.492 e. The van der Waals surface area contributed by atoms with Crippen molar-refractivity contribution in [1.29, 1.82) is 5.26 Å². The summed E-state index contributed by atoms with van der Waals surface area (Å²) < 4.78 is 14.8. The number of hydrogen-bond donors (Lipinski definition) is 1. The van der Waals surface area contributed by atoms with Crippen LogP contribution in [0.15, 0.2) is 59.7 Å². The minimum absolute atomic E-state index is 0.0749. The summed E-state index contributed by atoms with van der Waals surface area (Å²) in [6.07, 6.45) is 6.89. The first kappa shape index (κ1) is 40.0. The summed E-state index contributed by atoms with van der Waals surface area (Å²) in [6, 6.07) is 13.7. The van der Waals surface area contributed by atoms with Crippen LogP contribution < -0.4 is 25.4 Å². The highest BCUT2D eigenvalue weighted by Crippen LogP contribution is 2.61. The summed E-state index contributed by atoms with van der Waals surface area (Å²) in [6.45, 7) is 13.7. The number of rotatable bonds is 14. The molecular formula is C42H49ClN8O6. The van der Waals surface area contributed by atoms with Gasteiger partial charge in [0.05, 0.1) is 23.4 Å². The molecule has 1 atom stereocenters. The number of ketones is 1. The van der Waals surface area contributed by atoms with E-state index in [1.54, 1.807) is 42.7 Å². The number of fused-ring (bicyclic) bond motifs is 1. The number of anilines is 1. The van der Waals surface area contributed by atoms with Gasteiger partial charge in [-0.25, -0.2) is 14.2 Å². The number of Topliss-reactive ketones (excluding diaryl/α,β-unsaturated/α-hetero) is 1. The Hall–Kier alpha value is -5.26. The van der Waals surface area contributed by atoms with Gasteiger partial charge in [-0.1, -0.05) is 39.3 Å². The first-order valence-corrected chi connectivity index (χ1v) is 20.0. The molecular weight excluding hydrogens is 748 g/mol. The molecule has 2 saturated heterocycles. The summed E-state index contributed by atoms with van der Waals surface area (Å²) in [5.41, 5.74) is 0.472. The van der Waals surface area contributed by atoms with Gasteiger partial charge in [-0.2, -0.15) is 9.94 Å². The Labute approximate surface area is 336 Å². The molecule has 3 aromatic heterocycles. The number of carbonyl (C=O) groups is 3. The zero-order valence-electron chi connectivity index (χ0n) is 32.9. The quantitative estimate of drug-likeness (QED) is 0.0978. The van der Waals surface area contributed by atoms with E-state index in [2.05, 4.69) is 54.0 Å². The first-order chi connectivity index (χ1) is 27.3. The average molecular weight is 797 g/mol. The molecule has 4 aromatic rings. The van der Waals surface area contributed by atoms with Crippen molar-refractivity contribution < 1.29 is 23.9 Å². The number of aromatic nitrogens is 4. The summed E-state index contributed by atoms with van der Waals surface area (Å²) in [5.74, 6) is 1.36. The smallest absolute Gasteiger partial charge is 0.351 e. The Bertz CT molecular complexity index is 2240. The molecule has 0 spiro atoms. The summed E-state index contributed by atoms with van der Waals surface area (Å²) in [4.78, 5) is 59.7. The third-order valence-corrected chi connectivity index (χ3v) is 12.3. The number of hydrogen-bond acceptors (Lipinski definition) is 11. The van der Waals surface area contributed by atoms with Gasteiger partial charge in [0.25, 0.3) is 5.91 Å². The zero-order valence-corrected chi connectivity index (χ0v) is 33.6. The Morgan fingerprint density at radius 2 is 1.74 bits per heavy atom. The predicted octanol–water partition coefficient (Wildman–Crippen LogP) is 5.47. The van der Waals surface area contributed by atoms with Crippen LogP contribution in [0.4, 0.5) is 5.82 Å². The molecule has 14 nitrogen and oxygen atoms in total. The fraction of sp³-hybridized carbons (Fsp3) is 0.500. The highest BCUT2D eigenvalue weighted by atomic mass is 35.5.